The molecule has 9 rings (SSSR count). The third kappa shape index (κ3) is 6.00. The van der Waals surface area contributed by atoms with Gasteiger partial charge >= 0.3 is 0 Å². The van der Waals surface area contributed by atoms with Crippen molar-refractivity contribution in [3.05, 3.63) is 200 Å². The Bertz CT molecular complexity index is 2820. The minimum atomic E-state index is 0.692. The third-order valence-corrected chi connectivity index (χ3v) is 10.1. The van der Waals surface area contributed by atoms with Crippen molar-refractivity contribution < 1.29 is 0 Å². The van der Waals surface area contributed by atoms with Crippen molar-refractivity contribution in [3.63, 3.8) is 0 Å². The molecule has 54 heavy (non-hydrogen) atoms. The second-order valence-electron chi connectivity index (χ2n) is 13.4. The van der Waals surface area contributed by atoms with Gasteiger partial charge in [-0.1, -0.05) is 140 Å². The van der Waals surface area contributed by atoms with Crippen molar-refractivity contribution >= 4 is 27.8 Å². The first-order chi connectivity index (χ1) is 26.7. The molecular formula is C50H36N4. The molecule has 3 heterocycles. The lowest BCUT2D eigenvalue weighted by molar-refractivity contribution is 1.10. The van der Waals surface area contributed by atoms with Gasteiger partial charge in [0.25, 0.3) is 0 Å². The van der Waals surface area contributed by atoms with Gasteiger partial charge in [-0.3, -0.25) is 4.98 Å². The van der Waals surface area contributed by atoms with Crippen LogP contribution in [0, 0.1) is 6.92 Å². The average molecular weight is 693 g/mol. The number of pyridine rings is 1. The Labute approximate surface area is 315 Å². The molecule has 0 aliphatic rings. The third-order valence-electron chi connectivity index (χ3n) is 10.1. The molecule has 0 spiro atoms. The van der Waals surface area contributed by atoms with Gasteiger partial charge in [0.15, 0.2) is 5.82 Å². The first-order valence-electron chi connectivity index (χ1n) is 18.1. The maximum atomic E-state index is 5.20. The molecule has 0 aliphatic carbocycles. The Balaban J connectivity index is 1.18. The van der Waals surface area contributed by atoms with Crippen LogP contribution in [0.15, 0.2) is 189 Å². The summed E-state index contributed by atoms with van der Waals surface area (Å²) in [5.41, 5.74) is 14.0. The number of benzene rings is 6. The highest BCUT2D eigenvalue weighted by atomic mass is 15.0. The zero-order valence-electron chi connectivity index (χ0n) is 29.9. The molecule has 0 saturated carbocycles. The SMILES string of the molecule is C=C/C=C\c1c(C)c2cc(-c3ccc(-c4cc(-c5ccc(-c6cccnc6)cc5)nc(-c5ccccc5)n4)c4ccccc34)ccc2n1-c1ccccc1. The number of hydrogen-bond donors (Lipinski definition) is 0. The second kappa shape index (κ2) is 14.1. The van der Waals surface area contributed by atoms with Crippen molar-refractivity contribution in [1.82, 2.24) is 19.5 Å². The predicted octanol–water partition coefficient (Wildman–Crippen LogP) is 12.8. The van der Waals surface area contributed by atoms with Gasteiger partial charge in [0.2, 0.25) is 0 Å². The van der Waals surface area contributed by atoms with E-state index in [0.29, 0.717) is 5.82 Å². The summed E-state index contributed by atoms with van der Waals surface area (Å²) >= 11 is 0. The van der Waals surface area contributed by atoms with Crippen molar-refractivity contribution in [2.75, 3.05) is 0 Å². The Morgan fingerprint density at radius 1 is 0.537 bits per heavy atom. The number of rotatable bonds is 8. The fourth-order valence-electron chi connectivity index (χ4n) is 7.44. The van der Waals surface area contributed by atoms with Crippen LogP contribution in [-0.2, 0) is 0 Å². The fourth-order valence-corrected chi connectivity index (χ4v) is 7.44. The van der Waals surface area contributed by atoms with E-state index in [-0.39, 0.29) is 0 Å². The highest BCUT2D eigenvalue weighted by Gasteiger charge is 2.18. The molecule has 0 saturated heterocycles. The molecule has 0 atom stereocenters. The molecule has 0 bridgehead atoms. The lowest BCUT2D eigenvalue weighted by atomic mass is 9.92. The fraction of sp³-hybridized carbons (Fsp3) is 0.0200. The highest BCUT2D eigenvalue weighted by Crippen LogP contribution is 2.39. The Kier molecular flexibility index (Phi) is 8.54. The smallest absolute Gasteiger partial charge is 0.160 e. The number of aromatic nitrogens is 4. The van der Waals surface area contributed by atoms with E-state index >= 15 is 0 Å². The maximum Gasteiger partial charge on any atom is 0.160 e. The minimum absolute atomic E-state index is 0.692. The molecule has 4 nitrogen and oxygen atoms in total. The number of fused-ring (bicyclic) bond motifs is 2. The molecule has 0 radical (unpaired) electrons. The summed E-state index contributed by atoms with van der Waals surface area (Å²) in [5.74, 6) is 0.692. The van der Waals surface area contributed by atoms with Crippen LogP contribution in [0.2, 0.25) is 0 Å². The van der Waals surface area contributed by atoms with Crippen LogP contribution >= 0.6 is 0 Å². The number of para-hydroxylation sites is 1. The van der Waals surface area contributed by atoms with Gasteiger partial charge in [0.05, 0.1) is 16.9 Å². The van der Waals surface area contributed by atoms with E-state index in [1.807, 2.05) is 42.6 Å². The summed E-state index contributed by atoms with van der Waals surface area (Å²) < 4.78 is 2.33. The molecule has 0 unspecified atom stereocenters. The van der Waals surface area contributed by atoms with Crippen molar-refractivity contribution in [1.29, 1.82) is 0 Å². The normalized spacial score (nSPS) is 11.4. The molecule has 3 aromatic heterocycles. The van der Waals surface area contributed by atoms with Crippen molar-refractivity contribution in [3.8, 4) is 61.8 Å². The van der Waals surface area contributed by atoms with Crippen LogP contribution < -0.4 is 0 Å². The van der Waals surface area contributed by atoms with E-state index in [9.17, 15) is 0 Å². The van der Waals surface area contributed by atoms with Crippen LogP contribution in [-0.4, -0.2) is 19.5 Å². The maximum absolute atomic E-state index is 5.20. The van der Waals surface area contributed by atoms with Gasteiger partial charge < -0.3 is 4.57 Å². The molecule has 0 aliphatic heterocycles. The van der Waals surface area contributed by atoms with E-state index < -0.39 is 0 Å². The molecule has 0 fully saturated rings. The van der Waals surface area contributed by atoms with E-state index in [2.05, 4.69) is 163 Å². The topological polar surface area (TPSA) is 43.6 Å². The summed E-state index contributed by atoms with van der Waals surface area (Å²) in [6, 6.07) is 55.4. The van der Waals surface area contributed by atoms with E-state index in [0.717, 1.165) is 56.0 Å². The Hall–Kier alpha value is -7.17. The zero-order valence-corrected chi connectivity index (χ0v) is 29.9. The molecule has 9 aromatic rings. The number of nitrogens with zero attached hydrogens (tertiary/aromatic N) is 4. The van der Waals surface area contributed by atoms with Crippen LogP contribution in [0.4, 0.5) is 0 Å². The van der Waals surface area contributed by atoms with Crippen molar-refractivity contribution in [2.24, 2.45) is 0 Å². The first kappa shape index (κ1) is 32.7. The first-order valence-corrected chi connectivity index (χ1v) is 18.1. The molecule has 0 amide bonds. The largest absolute Gasteiger partial charge is 0.310 e. The van der Waals surface area contributed by atoms with Crippen LogP contribution in [0.25, 0.3) is 89.6 Å². The molecule has 0 N–H and O–H groups in total. The van der Waals surface area contributed by atoms with E-state index in [4.69, 9.17) is 9.97 Å². The lowest BCUT2D eigenvalue weighted by Crippen LogP contribution is -1.97. The summed E-state index contributed by atoms with van der Waals surface area (Å²) in [6.45, 7) is 6.13. The lowest BCUT2D eigenvalue weighted by Gasteiger charge is -2.14. The minimum Gasteiger partial charge on any atom is -0.310 e. The molecule has 4 heteroatoms. The van der Waals surface area contributed by atoms with Crippen LogP contribution in [0.5, 0.6) is 0 Å². The summed E-state index contributed by atoms with van der Waals surface area (Å²) in [6.07, 6.45) is 9.67. The number of aryl methyl sites for hydroxylation is 1. The summed E-state index contributed by atoms with van der Waals surface area (Å²) in [7, 11) is 0. The van der Waals surface area contributed by atoms with Gasteiger partial charge in [-0.25, -0.2) is 9.97 Å². The van der Waals surface area contributed by atoms with Gasteiger partial charge in [0, 0.05) is 45.9 Å². The predicted molar refractivity (Wildman–Crippen MR) is 225 cm³/mol. The monoisotopic (exact) mass is 692 g/mol. The summed E-state index contributed by atoms with van der Waals surface area (Å²) in [5, 5.41) is 3.53. The summed E-state index contributed by atoms with van der Waals surface area (Å²) in [4.78, 5) is 14.6. The number of hydrogen-bond acceptors (Lipinski definition) is 3. The Morgan fingerprint density at radius 3 is 1.93 bits per heavy atom. The standard InChI is InChI=1S/C50H36N4/c1-3-4-21-48-34(2)45-31-38(26-29-49(45)54(48)40-17-9-6-10-18-40)41-27-28-44(43-20-12-11-19-42(41)43)47-32-46(52-50(53-47)37-14-7-5-8-15-37)36-24-22-35(23-25-36)39-16-13-30-51-33-39/h3-33H,1H2,2H3/b21-4-. The van der Waals surface area contributed by atoms with Gasteiger partial charge in [-0.15, -0.1) is 0 Å². The van der Waals surface area contributed by atoms with E-state index in [1.54, 1.807) is 6.20 Å². The molecular weight excluding hydrogens is 657 g/mol. The van der Waals surface area contributed by atoms with Crippen LogP contribution in [0.3, 0.4) is 0 Å². The van der Waals surface area contributed by atoms with Crippen LogP contribution in [0.1, 0.15) is 11.3 Å². The average Bonchev–Trinajstić information content (AvgIpc) is 3.53. The van der Waals surface area contributed by atoms with Gasteiger partial charge in [0.1, 0.15) is 0 Å². The second-order valence-corrected chi connectivity index (χ2v) is 13.4. The molecule has 6 aromatic carbocycles. The van der Waals surface area contributed by atoms with Gasteiger partial charge in [-0.2, -0.15) is 0 Å². The van der Waals surface area contributed by atoms with E-state index in [1.165, 1.54) is 33.0 Å². The highest BCUT2D eigenvalue weighted by molar-refractivity contribution is 6.06. The quantitative estimate of drug-likeness (QED) is 0.149. The van der Waals surface area contributed by atoms with Gasteiger partial charge in [-0.05, 0) is 88.0 Å². The number of allylic oxidation sites excluding steroid dienone is 2. The Morgan fingerprint density at radius 2 is 1.19 bits per heavy atom. The zero-order chi connectivity index (χ0) is 36.4. The van der Waals surface area contributed by atoms with Crippen molar-refractivity contribution in [2.45, 2.75) is 6.92 Å². The molecule has 256 valence electrons.